The minimum Gasteiger partial charge on any atom is -0.292 e. The third-order valence-electron chi connectivity index (χ3n) is 2.55. The molecule has 1 aromatic rings. The Morgan fingerprint density at radius 2 is 2.00 bits per heavy atom. The summed E-state index contributed by atoms with van der Waals surface area (Å²) in [5.74, 6) is 0. The first kappa shape index (κ1) is 9.20. The SMILES string of the molecule is CCc1ccc(C2=CCCN=C2)cc1. The molecule has 14 heavy (non-hydrogen) atoms. The second-order valence-electron chi connectivity index (χ2n) is 3.53. The van der Waals surface area contributed by atoms with Crippen LogP contribution in [-0.4, -0.2) is 12.8 Å². The Morgan fingerprint density at radius 3 is 2.57 bits per heavy atom. The maximum atomic E-state index is 4.28. The lowest BCUT2D eigenvalue weighted by Crippen LogP contribution is -1.94. The van der Waals surface area contributed by atoms with Gasteiger partial charge in [0.2, 0.25) is 0 Å². The largest absolute Gasteiger partial charge is 0.292 e. The number of hydrogen-bond donors (Lipinski definition) is 0. The molecule has 72 valence electrons. The molecule has 0 radical (unpaired) electrons. The lowest BCUT2D eigenvalue weighted by atomic mass is 10.0. The molecule has 1 aliphatic heterocycles. The zero-order chi connectivity index (χ0) is 9.80. The number of hydrogen-bond acceptors (Lipinski definition) is 1. The molecule has 0 fully saturated rings. The fraction of sp³-hybridized carbons (Fsp3) is 0.308. The van der Waals surface area contributed by atoms with Gasteiger partial charge < -0.3 is 0 Å². The summed E-state index contributed by atoms with van der Waals surface area (Å²) >= 11 is 0. The lowest BCUT2D eigenvalue weighted by molar-refractivity contribution is 1.00. The van der Waals surface area contributed by atoms with Crippen molar-refractivity contribution >= 4 is 11.8 Å². The maximum Gasteiger partial charge on any atom is 0.0424 e. The van der Waals surface area contributed by atoms with Crippen molar-refractivity contribution in [2.45, 2.75) is 19.8 Å². The third-order valence-corrected chi connectivity index (χ3v) is 2.55. The van der Waals surface area contributed by atoms with E-state index in [9.17, 15) is 0 Å². The zero-order valence-electron chi connectivity index (χ0n) is 8.53. The van der Waals surface area contributed by atoms with Crippen LogP contribution in [0.15, 0.2) is 35.3 Å². The van der Waals surface area contributed by atoms with E-state index in [4.69, 9.17) is 0 Å². The fourth-order valence-corrected chi connectivity index (χ4v) is 1.64. The van der Waals surface area contributed by atoms with E-state index in [0.29, 0.717) is 0 Å². The number of benzene rings is 1. The predicted molar refractivity (Wildman–Crippen MR) is 61.8 cm³/mol. The van der Waals surface area contributed by atoms with Gasteiger partial charge in [0.25, 0.3) is 0 Å². The number of nitrogens with zero attached hydrogens (tertiary/aromatic N) is 1. The number of aliphatic imine (C=N–C) groups is 1. The van der Waals surface area contributed by atoms with Crippen LogP contribution in [-0.2, 0) is 6.42 Å². The van der Waals surface area contributed by atoms with Gasteiger partial charge in [-0.2, -0.15) is 0 Å². The highest BCUT2D eigenvalue weighted by molar-refractivity contribution is 6.10. The van der Waals surface area contributed by atoms with Gasteiger partial charge in [-0.05, 0) is 29.5 Å². The number of dihydropyridines is 1. The third kappa shape index (κ3) is 1.92. The van der Waals surface area contributed by atoms with E-state index in [1.54, 1.807) is 0 Å². The van der Waals surface area contributed by atoms with Crippen LogP contribution in [0.4, 0.5) is 0 Å². The first-order valence-electron chi connectivity index (χ1n) is 5.19. The Hall–Kier alpha value is -1.37. The summed E-state index contributed by atoms with van der Waals surface area (Å²) in [7, 11) is 0. The molecule has 0 N–H and O–H groups in total. The number of rotatable bonds is 2. The van der Waals surface area contributed by atoms with Crippen LogP contribution < -0.4 is 0 Å². The first-order valence-corrected chi connectivity index (χ1v) is 5.19. The molecule has 0 aromatic heterocycles. The van der Waals surface area contributed by atoms with E-state index in [0.717, 1.165) is 19.4 Å². The van der Waals surface area contributed by atoms with Gasteiger partial charge in [0, 0.05) is 12.8 Å². The Labute approximate surface area is 85.2 Å². The van der Waals surface area contributed by atoms with Crippen LogP contribution >= 0.6 is 0 Å². The molecule has 0 saturated carbocycles. The quantitative estimate of drug-likeness (QED) is 0.671. The van der Waals surface area contributed by atoms with E-state index in [-0.39, 0.29) is 0 Å². The topological polar surface area (TPSA) is 12.4 Å². The average molecular weight is 185 g/mol. The second-order valence-corrected chi connectivity index (χ2v) is 3.53. The highest BCUT2D eigenvalue weighted by Gasteiger charge is 2.01. The molecular formula is C13H15N. The first-order chi connectivity index (χ1) is 6.90. The van der Waals surface area contributed by atoms with Gasteiger partial charge in [-0.3, -0.25) is 4.99 Å². The van der Waals surface area contributed by atoms with E-state index in [2.05, 4.69) is 42.3 Å². The van der Waals surface area contributed by atoms with Gasteiger partial charge in [0.1, 0.15) is 0 Å². The molecule has 1 heterocycles. The second kappa shape index (κ2) is 4.23. The Morgan fingerprint density at radius 1 is 1.21 bits per heavy atom. The van der Waals surface area contributed by atoms with Crippen molar-refractivity contribution in [3.05, 3.63) is 41.5 Å². The van der Waals surface area contributed by atoms with Crippen molar-refractivity contribution in [3.63, 3.8) is 0 Å². The van der Waals surface area contributed by atoms with Gasteiger partial charge in [-0.1, -0.05) is 37.3 Å². The van der Waals surface area contributed by atoms with Crippen LogP contribution in [0.5, 0.6) is 0 Å². The summed E-state index contributed by atoms with van der Waals surface area (Å²) in [4.78, 5) is 4.28. The van der Waals surface area contributed by atoms with Gasteiger partial charge in [-0.25, -0.2) is 0 Å². The van der Waals surface area contributed by atoms with Gasteiger partial charge >= 0.3 is 0 Å². The highest BCUT2D eigenvalue weighted by Crippen LogP contribution is 2.16. The molecule has 1 aliphatic rings. The molecular weight excluding hydrogens is 170 g/mol. The van der Waals surface area contributed by atoms with Crippen molar-refractivity contribution in [1.29, 1.82) is 0 Å². The van der Waals surface area contributed by atoms with Crippen LogP contribution in [0.3, 0.4) is 0 Å². The summed E-state index contributed by atoms with van der Waals surface area (Å²) in [5, 5.41) is 0. The predicted octanol–water partition coefficient (Wildman–Crippen LogP) is 3.11. The molecule has 0 aliphatic carbocycles. The van der Waals surface area contributed by atoms with Crippen LogP contribution in [0, 0.1) is 0 Å². The van der Waals surface area contributed by atoms with Crippen LogP contribution in [0.2, 0.25) is 0 Å². The van der Waals surface area contributed by atoms with Crippen molar-refractivity contribution in [3.8, 4) is 0 Å². The molecule has 1 aromatic carbocycles. The number of allylic oxidation sites excluding steroid dienone is 1. The molecule has 1 heteroatoms. The summed E-state index contributed by atoms with van der Waals surface area (Å²) < 4.78 is 0. The van der Waals surface area contributed by atoms with E-state index in [1.807, 2.05) is 6.21 Å². The van der Waals surface area contributed by atoms with E-state index < -0.39 is 0 Å². The molecule has 0 unspecified atom stereocenters. The minimum atomic E-state index is 0.941. The normalized spacial score (nSPS) is 15.4. The van der Waals surface area contributed by atoms with Crippen molar-refractivity contribution in [1.82, 2.24) is 0 Å². The highest BCUT2D eigenvalue weighted by atomic mass is 14.7. The van der Waals surface area contributed by atoms with Gasteiger partial charge in [-0.15, -0.1) is 0 Å². The smallest absolute Gasteiger partial charge is 0.0424 e. The van der Waals surface area contributed by atoms with Crippen molar-refractivity contribution < 1.29 is 0 Å². The molecule has 0 amide bonds. The van der Waals surface area contributed by atoms with Gasteiger partial charge in [0.15, 0.2) is 0 Å². The monoisotopic (exact) mass is 185 g/mol. The fourth-order valence-electron chi connectivity index (χ4n) is 1.64. The molecule has 0 bridgehead atoms. The van der Waals surface area contributed by atoms with E-state index >= 15 is 0 Å². The molecule has 1 nitrogen and oxygen atoms in total. The average Bonchev–Trinajstić information content (AvgIpc) is 2.30. The standard InChI is InChI=1S/C13H15N/c1-2-11-5-7-12(8-6-11)13-4-3-9-14-10-13/h4-8,10H,2-3,9H2,1H3. The van der Waals surface area contributed by atoms with Gasteiger partial charge in [0.05, 0.1) is 0 Å². The van der Waals surface area contributed by atoms with Crippen LogP contribution in [0.25, 0.3) is 5.57 Å². The maximum absolute atomic E-state index is 4.28. The Kier molecular flexibility index (Phi) is 2.78. The van der Waals surface area contributed by atoms with Crippen molar-refractivity contribution in [2.24, 2.45) is 4.99 Å². The molecule has 0 spiro atoms. The lowest BCUT2D eigenvalue weighted by Gasteiger charge is -2.07. The summed E-state index contributed by atoms with van der Waals surface area (Å²) in [5.41, 5.74) is 3.94. The molecule has 2 rings (SSSR count). The summed E-state index contributed by atoms with van der Waals surface area (Å²) in [6.07, 6.45) is 6.41. The minimum absolute atomic E-state index is 0.941. The van der Waals surface area contributed by atoms with E-state index in [1.165, 1.54) is 16.7 Å². The van der Waals surface area contributed by atoms with Crippen molar-refractivity contribution in [2.75, 3.05) is 6.54 Å². The molecule has 0 atom stereocenters. The molecule has 0 saturated heterocycles. The number of aryl methyl sites for hydroxylation is 1. The summed E-state index contributed by atoms with van der Waals surface area (Å²) in [6, 6.07) is 8.75. The van der Waals surface area contributed by atoms with Crippen LogP contribution in [0.1, 0.15) is 24.5 Å². The summed E-state index contributed by atoms with van der Waals surface area (Å²) in [6.45, 7) is 3.12. The Bertz CT molecular complexity index is 357. The zero-order valence-corrected chi connectivity index (χ0v) is 8.53. The Balaban J connectivity index is 2.24.